The van der Waals surface area contributed by atoms with E-state index < -0.39 is 112 Å². The summed E-state index contributed by atoms with van der Waals surface area (Å²) in [7, 11) is 0. The summed E-state index contributed by atoms with van der Waals surface area (Å²) in [6.45, 7) is 11.6. The summed E-state index contributed by atoms with van der Waals surface area (Å²) in [6, 6.07) is 13.4. The molecule has 0 radical (unpaired) electrons. The number of ether oxygens (including phenoxy) is 2. The van der Waals surface area contributed by atoms with Gasteiger partial charge in [0.15, 0.2) is 0 Å². The Morgan fingerprint density at radius 3 is 1.05 bits per heavy atom. The third kappa shape index (κ3) is 21.9. The molecule has 638 valence electrons. The van der Waals surface area contributed by atoms with Gasteiger partial charge >= 0.3 is 12.2 Å². The van der Waals surface area contributed by atoms with Gasteiger partial charge in [-0.25, -0.2) is 40.3 Å². The maximum Gasteiger partial charge on any atom is 0.410 e. The van der Waals surface area contributed by atoms with Crippen molar-refractivity contribution in [2.75, 3.05) is 57.6 Å². The van der Waals surface area contributed by atoms with E-state index in [0.29, 0.717) is 58.1 Å². The molecule has 117 heavy (non-hydrogen) atoms. The van der Waals surface area contributed by atoms with E-state index in [1.165, 1.54) is 83.3 Å². The Kier molecular flexibility index (Phi) is 32.4. The highest BCUT2D eigenvalue weighted by Gasteiger charge is 2.55. The first-order chi connectivity index (χ1) is 53.5. The zero-order valence-electron chi connectivity index (χ0n) is 62.6. The topological polar surface area (TPSA) is 396 Å². The summed E-state index contributed by atoms with van der Waals surface area (Å²) in [6.07, 6.45) is -2.03. The Morgan fingerprint density at radius 2 is 0.778 bits per heavy atom. The number of nitrogens with one attached hydrogen (secondary N) is 1. The van der Waals surface area contributed by atoms with Gasteiger partial charge in [0, 0.05) is 74.2 Å². The monoisotopic (exact) mass is 1830 g/mol. The number of aliphatic hydroxyl groups excluding tert-OH is 3. The van der Waals surface area contributed by atoms with Crippen LogP contribution in [0.25, 0.3) is 45.0 Å². The molecule has 7 amide bonds. The van der Waals surface area contributed by atoms with Gasteiger partial charge < -0.3 is 67.7 Å². The molecule has 1 aliphatic carbocycles. The second kappa shape index (κ2) is 39.2. The van der Waals surface area contributed by atoms with Crippen molar-refractivity contribution in [3.05, 3.63) is 161 Å². The molecule has 4 aromatic carbocycles. The lowest BCUT2D eigenvalue weighted by atomic mass is 9.65. The summed E-state index contributed by atoms with van der Waals surface area (Å²) in [5.74, 6) is -8.60. The number of rotatable bonds is 14. The minimum atomic E-state index is -2.78. The molecule has 4 atom stereocenters. The smallest absolute Gasteiger partial charge is 0.410 e. The van der Waals surface area contributed by atoms with Crippen molar-refractivity contribution in [1.82, 2.24) is 59.1 Å². The van der Waals surface area contributed by atoms with Gasteiger partial charge in [-0.3, -0.25) is 42.7 Å². The van der Waals surface area contributed by atoms with E-state index >= 15 is 0 Å². The molecule has 1 saturated carbocycles. The maximum atomic E-state index is 13.9. The van der Waals surface area contributed by atoms with Crippen molar-refractivity contribution in [3.8, 4) is 45.0 Å². The van der Waals surface area contributed by atoms with Gasteiger partial charge in [-0.1, -0.05) is 98.2 Å². The number of aliphatic hydroxyl groups is 3. The normalized spacial score (nSPS) is 17.2. The number of hydrogen-bond donors (Lipinski definition) is 8. The highest BCUT2D eigenvalue weighted by atomic mass is 127. The van der Waals surface area contributed by atoms with Gasteiger partial charge in [-0.15, -0.1) is 0 Å². The van der Waals surface area contributed by atoms with E-state index in [0.717, 1.165) is 18.2 Å². The van der Waals surface area contributed by atoms with Gasteiger partial charge in [-0.2, -0.15) is 20.4 Å². The predicted octanol–water partition coefficient (Wildman–Crippen LogP) is 13.6. The van der Waals surface area contributed by atoms with Gasteiger partial charge in [0.1, 0.15) is 63.9 Å². The van der Waals surface area contributed by atoms with Crippen LogP contribution in [0.15, 0.2) is 72.8 Å². The number of carbonyl (C=O) groups excluding carboxylic acids is 7. The van der Waals surface area contributed by atoms with Crippen LogP contribution in [0.4, 0.5) is 40.3 Å². The van der Waals surface area contributed by atoms with Crippen molar-refractivity contribution < 1.29 is 89.1 Å². The van der Waals surface area contributed by atoms with E-state index in [1.54, 1.807) is 53.1 Å². The van der Waals surface area contributed by atoms with Crippen LogP contribution in [-0.2, 0) is 40.4 Å². The predicted molar refractivity (Wildman–Crippen MR) is 435 cm³/mol. The van der Waals surface area contributed by atoms with E-state index in [2.05, 4.69) is 48.3 Å². The molecule has 12 N–H and O–H groups in total. The molecule has 8 aromatic rings. The van der Waals surface area contributed by atoms with Crippen LogP contribution >= 0.6 is 69.0 Å². The first kappa shape index (κ1) is 96.7. The van der Waals surface area contributed by atoms with Gasteiger partial charge in [0.05, 0.1) is 129 Å². The molecule has 28 nitrogen and oxygen atoms in total. The van der Waals surface area contributed by atoms with Gasteiger partial charge in [0.25, 0.3) is 23.6 Å². The second-order valence-electron chi connectivity index (χ2n) is 29.6. The first-order valence-electron chi connectivity index (χ1n) is 35.0. The highest BCUT2D eigenvalue weighted by molar-refractivity contribution is 14.1. The van der Waals surface area contributed by atoms with Crippen LogP contribution in [0.1, 0.15) is 178 Å². The lowest BCUT2D eigenvalue weighted by Gasteiger charge is -2.45. The molecular weight excluding hydrogens is 1740 g/mol. The molecule has 0 spiro atoms. The standard InChI is InChI=1S/C21H21ClF4N4O2.2C19H22ClFN4O4.C14H14ClFN4O2.CH3I.3CH4/c1-20(9-21(25,26)10-20)5-16(31)29-7-12(6-23)30-15(8-29)17(19(27)32)18(28-30)11-2-3-14(24)13(22)4-11;2*1-19(2,3)29-18(28)24-7-11(9-26)25-14(8-24)15(17(22)27)16(23-25)10-4-5-13(21)12(20)6-10;15-9-3-7(1-2-10(9)16)13-12(14(17)22)11-5-18-4-8(6-21)20(11)19-13;1-2;;;/h2-4,12H,5-10H2,1H3,(H2,27,32);2*4-6,11,26H,7-9H2,1-3H3,(H2,22,27);1-3,8,18,21H,4-6H2,(H2,17,22);1H3;3*1H4. The minimum absolute atomic E-state index is 0. The quantitative estimate of drug-likeness (QED) is 0.0285. The van der Waals surface area contributed by atoms with Crippen LogP contribution < -0.4 is 28.3 Å². The van der Waals surface area contributed by atoms with Crippen molar-refractivity contribution in [2.24, 2.45) is 28.3 Å². The summed E-state index contributed by atoms with van der Waals surface area (Å²) in [5, 5.41) is 49.3. The molecule has 1 fully saturated rings. The van der Waals surface area contributed by atoms with Crippen molar-refractivity contribution in [1.29, 1.82) is 0 Å². The Hall–Kier alpha value is -9.15. The fourth-order valence-electron chi connectivity index (χ4n) is 13.7. The van der Waals surface area contributed by atoms with Gasteiger partial charge in [0.2, 0.25) is 11.8 Å². The Bertz CT molecular complexity index is 4850. The molecule has 0 bridgehead atoms. The number of halogens is 12. The zero-order valence-corrected chi connectivity index (χ0v) is 67.8. The molecule has 5 aliphatic rings. The third-order valence-electron chi connectivity index (χ3n) is 18.6. The lowest BCUT2D eigenvalue weighted by molar-refractivity contribution is -0.167. The summed E-state index contributed by atoms with van der Waals surface area (Å²) < 4.78 is 111. The van der Waals surface area contributed by atoms with Gasteiger partial charge in [-0.05, 0) is 125 Å². The molecule has 40 heteroatoms. The fourth-order valence-corrected chi connectivity index (χ4v) is 14.5. The number of nitrogens with two attached hydrogens (primary N) is 4. The number of benzene rings is 4. The van der Waals surface area contributed by atoms with Crippen LogP contribution in [0.3, 0.4) is 0 Å². The first-order valence-corrected chi connectivity index (χ1v) is 38.7. The number of primary amides is 4. The summed E-state index contributed by atoms with van der Waals surface area (Å²) >= 11 is 25.5. The van der Waals surface area contributed by atoms with Crippen molar-refractivity contribution >= 4 is 111 Å². The number of alkyl halides is 4. The van der Waals surface area contributed by atoms with E-state index in [9.17, 15) is 79.6 Å². The highest BCUT2D eigenvalue weighted by Crippen LogP contribution is 2.54. The third-order valence-corrected chi connectivity index (χ3v) is 19.7. The molecule has 13 rings (SSSR count). The number of amides is 7. The molecule has 0 saturated heterocycles. The second-order valence-corrected chi connectivity index (χ2v) is 31.2. The Labute approximate surface area is 704 Å². The molecule has 8 heterocycles. The van der Waals surface area contributed by atoms with Crippen LogP contribution in [0.2, 0.25) is 20.1 Å². The number of nitrogens with zero attached hydrogens (tertiary/aromatic N) is 11. The maximum absolute atomic E-state index is 13.9. The summed E-state index contributed by atoms with van der Waals surface area (Å²) in [4.78, 5) is 92.7. The number of aromatic nitrogens is 8. The SMILES string of the molecule is C.C.C.CC(C)(C)OC(=O)N1Cc2c(C(N)=O)c(-c3ccc(F)c(Cl)c3)nn2C(CO)C1.CC(C)(C)OC(=O)N1Cc2c(C(N)=O)c(-c3ccc(F)c(Cl)c3)nn2C(CO)C1.CC1(CC(=O)N2Cc3c(C(N)=O)c(-c4ccc(F)c(Cl)c4)nn3C(CF)C2)CC(F)(F)C1.CI.NC(=O)c1c(-c2ccc(F)c(Cl)c2)nn2c1CNCC2CO. The molecule has 4 aromatic heterocycles. The average molecular weight is 1840 g/mol. The number of carbonyl (C=O) groups is 7. The average Bonchev–Trinajstić information content (AvgIpc) is 1.65. The molecule has 4 unspecified atom stereocenters. The van der Waals surface area contributed by atoms with Crippen LogP contribution in [0.5, 0.6) is 0 Å². The number of hydrogen-bond acceptors (Lipinski definition) is 17. The van der Waals surface area contributed by atoms with E-state index in [-0.39, 0.29) is 172 Å². The van der Waals surface area contributed by atoms with Crippen molar-refractivity contribution in [2.45, 2.75) is 157 Å². The minimum Gasteiger partial charge on any atom is -0.444 e. The molecular formula is C77H94Cl4F7IN16O12. The fraction of sp³-hybridized carbons (Fsp3) is 0.442. The Morgan fingerprint density at radius 1 is 0.496 bits per heavy atom. The Balaban J connectivity index is 0.000000240. The zero-order chi connectivity index (χ0) is 84.3. The summed E-state index contributed by atoms with van der Waals surface area (Å²) in [5.41, 5.74) is 24.5. The van der Waals surface area contributed by atoms with Crippen LogP contribution in [-0.4, -0.2) is 186 Å². The van der Waals surface area contributed by atoms with Crippen LogP contribution in [0, 0.1) is 28.7 Å². The number of fused-ring (bicyclic) bond motifs is 4. The lowest BCUT2D eigenvalue weighted by Crippen LogP contribution is -2.49. The largest absolute Gasteiger partial charge is 0.444 e. The van der Waals surface area contributed by atoms with E-state index in [4.69, 9.17) is 78.8 Å². The molecule has 4 aliphatic heterocycles. The van der Waals surface area contributed by atoms with E-state index in [1.807, 2.05) is 4.93 Å². The van der Waals surface area contributed by atoms with Crippen molar-refractivity contribution in [3.63, 3.8) is 0 Å².